The van der Waals surface area contributed by atoms with Crippen molar-refractivity contribution in [1.29, 1.82) is 0 Å². The summed E-state index contributed by atoms with van der Waals surface area (Å²) in [6.45, 7) is 0. The molecule has 4 nitrogen and oxygen atoms in total. The summed E-state index contributed by atoms with van der Waals surface area (Å²) < 4.78 is 0. The molecule has 3 atom stereocenters. The Labute approximate surface area is 139 Å². The van der Waals surface area contributed by atoms with Crippen LogP contribution in [-0.2, 0) is 9.59 Å². The number of nitrogens with zero attached hydrogens (tertiary/aromatic N) is 1. The van der Waals surface area contributed by atoms with Gasteiger partial charge in [0.15, 0.2) is 0 Å². The van der Waals surface area contributed by atoms with Gasteiger partial charge in [-0.2, -0.15) is 0 Å². The molecule has 2 fully saturated rings. The van der Waals surface area contributed by atoms with Crippen LogP contribution in [0.15, 0.2) is 18.2 Å². The molecule has 1 saturated heterocycles. The lowest BCUT2D eigenvalue weighted by atomic mass is 9.63. The Morgan fingerprint density at radius 3 is 2.50 bits per heavy atom. The molecule has 1 N–H and O–H groups in total. The number of aliphatic carboxylic acids is 1. The molecule has 1 aromatic carbocycles. The Bertz CT molecular complexity index is 628. The average molecular weight is 342 g/mol. The fraction of sp³-hybridized carbons (Fsp3) is 0.500. The number of carboxylic acids is 1. The summed E-state index contributed by atoms with van der Waals surface area (Å²) in [5.74, 6) is -1.47. The topological polar surface area (TPSA) is 57.6 Å². The Balaban J connectivity index is 2.18. The molecular weight excluding hydrogens is 325 g/mol. The van der Waals surface area contributed by atoms with E-state index in [0.717, 1.165) is 12.8 Å². The van der Waals surface area contributed by atoms with Crippen molar-refractivity contribution in [2.75, 3.05) is 7.05 Å². The first-order valence-electron chi connectivity index (χ1n) is 7.34. The molecule has 0 spiro atoms. The first-order chi connectivity index (χ1) is 10.4. The van der Waals surface area contributed by atoms with Crippen LogP contribution in [-0.4, -0.2) is 28.9 Å². The molecular formula is C16H17Cl2NO3. The first kappa shape index (κ1) is 15.6. The first-order valence-corrected chi connectivity index (χ1v) is 8.09. The highest BCUT2D eigenvalue weighted by Crippen LogP contribution is 2.58. The molecule has 1 unspecified atom stereocenters. The van der Waals surface area contributed by atoms with Crippen LogP contribution >= 0.6 is 23.2 Å². The molecule has 0 aromatic heterocycles. The van der Waals surface area contributed by atoms with Crippen molar-refractivity contribution < 1.29 is 14.7 Å². The normalized spacial score (nSPS) is 31.2. The minimum absolute atomic E-state index is 0.0943. The highest BCUT2D eigenvalue weighted by molar-refractivity contribution is 6.34. The van der Waals surface area contributed by atoms with Gasteiger partial charge in [0.05, 0.1) is 12.0 Å². The van der Waals surface area contributed by atoms with Gasteiger partial charge in [-0.1, -0.05) is 36.0 Å². The summed E-state index contributed by atoms with van der Waals surface area (Å²) in [4.78, 5) is 26.3. The monoisotopic (exact) mass is 341 g/mol. The van der Waals surface area contributed by atoms with Crippen LogP contribution in [0.3, 0.4) is 0 Å². The predicted molar refractivity (Wildman–Crippen MR) is 84.0 cm³/mol. The number of hydrogen-bond donors (Lipinski definition) is 1. The maximum absolute atomic E-state index is 12.6. The van der Waals surface area contributed by atoms with Gasteiger partial charge in [0.25, 0.3) is 0 Å². The van der Waals surface area contributed by atoms with Gasteiger partial charge in [-0.25, -0.2) is 0 Å². The lowest BCUT2D eigenvalue weighted by Gasteiger charge is -2.38. The van der Waals surface area contributed by atoms with Crippen molar-refractivity contribution in [3.63, 3.8) is 0 Å². The second-order valence-corrected chi connectivity index (χ2v) is 7.07. The Kier molecular flexibility index (Phi) is 3.86. The van der Waals surface area contributed by atoms with Crippen molar-refractivity contribution in [3.05, 3.63) is 33.8 Å². The van der Waals surface area contributed by atoms with Crippen molar-refractivity contribution in [2.45, 2.75) is 31.7 Å². The highest BCUT2D eigenvalue weighted by atomic mass is 35.5. The van der Waals surface area contributed by atoms with Crippen LogP contribution in [0, 0.1) is 11.3 Å². The van der Waals surface area contributed by atoms with Crippen LogP contribution in [0.2, 0.25) is 10.0 Å². The van der Waals surface area contributed by atoms with E-state index in [-0.39, 0.29) is 5.91 Å². The van der Waals surface area contributed by atoms with Crippen molar-refractivity contribution in [2.24, 2.45) is 11.3 Å². The predicted octanol–water partition coefficient (Wildman–Crippen LogP) is 3.77. The van der Waals surface area contributed by atoms with Crippen LogP contribution in [0.25, 0.3) is 0 Å². The molecule has 1 amide bonds. The molecule has 2 aliphatic rings. The largest absolute Gasteiger partial charge is 0.481 e. The fourth-order valence-corrected chi connectivity index (χ4v) is 4.76. The maximum Gasteiger partial charge on any atom is 0.312 e. The van der Waals surface area contributed by atoms with Crippen LogP contribution in [0.1, 0.15) is 37.3 Å². The van der Waals surface area contributed by atoms with Gasteiger partial charge in [-0.05, 0) is 36.6 Å². The van der Waals surface area contributed by atoms with Crippen molar-refractivity contribution >= 4 is 35.1 Å². The molecule has 6 heteroatoms. The Morgan fingerprint density at radius 1 is 1.27 bits per heavy atom. The van der Waals surface area contributed by atoms with Crippen molar-refractivity contribution in [3.8, 4) is 0 Å². The lowest BCUT2D eigenvalue weighted by Crippen LogP contribution is -2.43. The molecule has 1 saturated carbocycles. The van der Waals surface area contributed by atoms with E-state index < -0.39 is 23.3 Å². The Hall–Kier alpha value is -1.26. The van der Waals surface area contributed by atoms with Gasteiger partial charge in [0.2, 0.25) is 5.91 Å². The van der Waals surface area contributed by atoms with Crippen molar-refractivity contribution in [1.82, 2.24) is 4.90 Å². The minimum Gasteiger partial charge on any atom is -0.481 e. The molecule has 118 valence electrons. The number of likely N-dealkylation sites (tertiary alicyclic amines) is 1. The molecule has 0 radical (unpaired) electrons. The van der Waals surface area contributed by atoms with Gasteiger partial charge in [0.1, 0.15) is 5.41 Å². The zero-order valence-corrected chi connectivity index (χ0v) is 13.7. The molecule has 1 aliphatic heterocycles. The summed E-state index contributed by atoms with van der Waals surface area (Å²) in [6, 6.07) is 4.50. The number of carboxylic acid groups (broad SMARTS) is 1. The molecule has 1 aromatic rings. The third-order valence-corrected chi connectivity index (χ3v) is 5.51. The maximum atomic E-state index is 12.6. The molecule has 1 aliphatic carbocycles. The fourth-order valence-electron chi connectivity index (χ4n) is 4.21. The second-order valence-electron chi connectivity index (χ2n) is 6.20. The van der Waals surface area contributed by atoms with Gasteiger partial charge in [-0.15, -0.1) is 0 Å². The van der Waals surface area contributed by atoms with E-state index in [1.165, 1.54) is 0 Å². The number of halogens is 2. The number of carbonyl (C=O) groups excluding carboxylic acids is 1. The zero-order valence-electron chi connectivity index (χ0n) is 12.2. The quantitative estimate of drug-likeness (QED) is 0.890. The number of carbonyl (C=O) groups is 2. The second kappa shape index (κ2) is 5.43. The van der Waals surface area contributed by atoms with E-state index in [0.29, 0.717) is 28.5 Å². The van der Waals surface area contributed by atoms with Crippen LogP contribution in [0.5, 0.6) is 0 Å². The number of hydrogen-bond acceptors (Lipinski definition) is 2. The summed E-state index contributed by atoms with van der Waals surface area (Å²) in [7, 11) is 1.67. The van der Waals surface area contributed by atoms with E-state index in [1.807, 2.05) is 0 Å². The molecule has 22 heavy (non-hydrogen) atoms. The Morgan fingerprint density at radius 2 is 1.91 bits per heavy atom. The third-order valence-electron chi connectivity index (χ3n) is 5.07. The average Bonchev–Trinajstić information content (AvgIpc) is 2.68. The van der Waals surface area contributed by atoms with Gasteiger partial charge < -0.3 is 10.0 Å². The van der Waals surface area contributed by atoms with Gasteiger partial charge in [0, 0.05) is 17.1 Å². The van der Waals surface area contributed by atoms with Crippen LogP contribution in [0.4, 0.5) is 0 Å². The summed E-state index contributed by atoms with van der Waals surface area (Å²) in [6.07, 6.45) is 2.83. The highest BCUT2D eigenvalue weighted by Gasteiger charge is 2.63. The zero-order chi connectivity index (χ0) is 16.1. The standard InChI is InChI=1S/C16H17Cl2NO3/c1-19-13(9-6-10(17)8-11(18)7-9)16(15(21)22)5-3-2-4-12(16)14(19)20/h6-8,12-13H,2-5H2,1H3,(H,21,22)/t12?,13-,16+/m0/s1. The SMILES string of the molecule is CN1C(=O)C2CCCC[C@]2(C(=O)O)[C@@H]1c1cc(Cl)cc(Cl)c1. The molecule has 1 heterocycles. The summed E-state index contributed by atoms with van der Waals surface area (Å²) in [5.41, 5.74) is -0.391. The molecule has 3 rings (SSSR count). The lowest BCUT2D eigenvalue weighted by molar-refractivity contribution is -0.156. The number of amides is 1. The number of benzene rings is 1. The minimum atomic E-state index is -1.09. The molecule has 0 bridgehead atoms. The van der Waals surface area contributed by atoms with E-state index >= 15 is 0 Å². The van der Waals surface area contributed by atoms with Crippen LogP contribution < -0.4 is 0 Å². The van der Waals surface area contributed by atoms with E-state index in [4.69, 9.17) is 23.2 Å². The number of rotatable bonds is 2. The summed E-state index contributed by atoms with van der Waals surface area (Å²) >= 11 is 12.2. The number of fused-ring (bicyclic) bond motifs is 1. The van der Waals surface area contributed by atoms with E-state index in [1.54, 1.807) is 30.1 Å². The van der Waals surface area contributed by atoms with Gasteiger partial charge in [-0.3, -0.25) is 9.59 Å². The van der Waals surface area contributed by atoms with Gasteiger partial charge >= 0.3 is 5.97 Å². The summed E-state index contributed by atoms with van der Waals surface area (Å²) in [5, 5.41) is 10.9. The third kappa shape index (κ3) is 2.12. The smallest absolute Gasteiger partial charge is 0.312 e. The van der Waals surface area contributed by atoms with E-state index in [9.17, 15) is 14.7 Å². The van der Waals surface area contributed by atoms with E-state index in [2.05, 4.69) is 0 Å².